The highest BCUT2D eigenvalue weighted by molar-refractivity contribution is 5.94. The van der Waals surface area contributed by atoms with Crippen molar-refractivity contribution in [2.75, 3.05) is 13.7 Å². The van der Waals surface area contributed by atoms with Gasteiger partial charge in [-0.05, 0) is 30.9 Å². The lowest BCUT2D eigenvalue weighted by atomic mass is 9.89. The minimum atomic E-state index is -0.264. The van der Waals surface area contributed by atoms with Gasteiger partial charge in [0, 0.05) is 29.9 Å². The molecule has 126 valence electrons. The molecule has 5 nitrogen and oxygen atoms in total. The van der Waals surface area contributed by atoms with Crippen LogP contribution in [0.15, 0.2) is 47.4 Å². The van der Waals surface area contributed by atoms with Gasteiger partial charge >= 0.3 is 0 Å². The number of aromatic nitrogens is 1. The number of rotatable bonds is 3. The molecule has 2 atom stereocenters. The van der Waals surface area contributed by atoms with Crippen molar-refractivity contribution >= 4 is 5.91 Å². The van der Waals surface area contributed by atoms with Gasteiger partial charge < -0.3 is 14.6 Å². The lowest BCUT2D eigenvalue weighted by molar-refractivity contribution is 0.0540. The van der Waals surface area contributed by atoms with Crippen LogP contribution in [0.4, 0.5) is 0 Å². The third kappa shape index (κ3) is 3.20. The molecule has 24 heavy (non-hydrogen) atoms. The molecule has 0 spiro atoms. The number of ether oxygens (including phenoxy) is 1. The van der Waals surface area contributed by atoms with Crippen LogP contribution in [-0.2, 0) is 0 Å². The maximum atomic E-state index is 13.0. The second kappa shape index (κ2) is 6.91. The van der Waals surface area contributed by atoms with Crippen molar-refractivity contribution in [2.24, 2.45) is 5.92 Å². The average Bonchev–Trinajstić information content (AvgIpc) is 2.61. The average molecular weight is 326 g/mol. The fourth-order valence-corrected chi connectivity index (χ4v) is 3.39. The number of carbonyl (C=O) groups excluding carboxylic acids is 1. The molecule has 0 saturated carbocycles. The molecule has 1 fully saturated rings. The van der Waals surface area contributed by atoms with Crippen molar-refractivity contribution in [3.8, 4) is 5.75 Å². The third-order valence-electron chi connectivity index (χ3n) is 4.60. The molecule has 1 aromatic carbocycles. The molecule has 0 aliphatic carbocycles. The van der Waals surface area contributed by atoms with Gasteiger partial charge in [-0.25, -0.2) is 0 Å². The number of H-pyrrole nitrogens is 1. The minimum absolute atomic E-state index is 0.0378. The highest BCUT2D eigenvalue weighted by Crippen LogP contribution is 2.38. The molecule has 1 aromatic heterocycles. The van der Waals surface area contributed by atoms with Crippen LogP contribution in [0.1, 0.15) is 41.7 Å². The largest absolute Gasteiger partial charge is 0.496 e. The zero-order valence-electron chi connectivity index (χ0n) is 14.0. The second-order valence-corrected chi connectivity index (χ2v) is 6.34. The number of methoxy groups -OCH3 is 1. The Morgan fingerprint density at radius 2 is 2.04 bits per heavy atom. The molecule has 1 aliphatic rings. The summed E-state index contributed by atoms with van der Waals surface area (Å²) in [6, 6.07) is 10.8. The molecule has 3 rings (SSSR count). The van der Waals surface area contributed by atoms with E-state index in [4.69, 9.17) is 4.74 Å². The smallest absolute Gasteiger partial charge is 0.254 e. The Morgan fingerprint density at radius 1 is 1.25 bits per heavy atom. The van der Waals surface area contributed by atoms with Crippen LogP contribution < -0.4 is 10.3 Å². The first-order valence-corrected chi connectivity index (χ1v) is 8.22. The van der Waals surface area contributed by atoms with E-state index in [1.807, 2.05) is 29.2 Å². The van der Waals surface area contributed by atoms with Crippen LogP contribution in [0, 0.1) is 5.92 Å². The first-order valence-electron chi connectivity index (χ1n) is 8.22. The number of nitrogens with zero attached hydrogens (tertiary/aromatic N) is 1. The number of para-hydroxylation sites is 1. The van der Waals surface area contributed by atoms with Crippen LogP contribution in [0.5, 0.6) is 5.75 Å². The van der Waals surface area contributed by atoms with Gasteiger partial charge in [-0.3, -0.25) is 9.59 Å². The lowest BCUT2D eigenvalue weighted by Crippen LogP contribution is -2.42. The predicted octanol–water partition coefficient (Wildman–Crippen LogP) is 3.00. The Kier molecular flexibility index (Phi) is 4.69. The molecular weight excluding hydrogens is 304 g/mol. The molecule has 5 heteroatoms. The van der Waals surface area contributed by atoms with Crippen LogP contribution in [0.2, 0.25) is 0 Å². The quantitative estimate of drug-likeness (QED) is 0.943. The highest BCUT2D eigenvalue weighted by Gasteiger charge is 2.33. The monoisotopic (exact) mass is 326 g/mol. The van der Waals surface area contributed by atoms with Crippen LogP contribution in [0.3, 0.4) is 0 Å². The van der Waals surface area contributed by atoms with Gasteiger partial charge in [0.05, 0.1) is 13.2 Å². The zero-order chi connectivity index (χ0) is 17.1. The van der Waals surface area contributed by atoms with Gasteiger partial charge in [0.15, 0.2) is 0 Å². The van der Waals surface area contributed by atoms with E-state index in [1.165, 1.54) is 12.3 Å². The van der Waals surface area contributed by atoms with Gasteiger partial charge in [0.2, 0.25) is 5.56 Å². The zero-order valence-corrected chi connectivity index (χ0v) is 14.0. The van der Waals surface area contributed by atoms with E-state index in [0.717, 1.165) is 24.2 Å². The van der Waals surface area contributed by atoms with Crippen LogP contribution in [-0.4, -0.2) is 29.4 Å². The van der Waals surface area contributed by atoms with Gasteiger partial charge in [-0.2, -0.15) is 0 Å². The van der Waals surface area contributed by atoms with E-state index in [-0.39, 0.29) is 17.5 Å². The number of piperidine rings is 1. The third-order valence-corrected chi connectivity index (χ3v) is 4.60. The van der Waals surface area contributed by atoms with E-state index >= 15 is 0 Å². The van der Waals surface area contributed by atoms with Gasteiger partial charge in [0.25, 0.3) is 5.91 Å². The summed E-state index contributed by atoms with van der Waals surface area (Å²) in [7, 11) is 1.65. The summed E-state index contributed by atoms with van der Waals surface area (Å²) in [5.74, 6) is 1.12. The number of hydrogen-bond donors (Lipinski definition) is 1. The SMILES string of the molecule is COc1ccccc1[C@@H]1CC[C@@H](C)CN1C(=O)c1cc[nH]c(=O)c1. The van der Waals surface area contributed by atoms with Crippen LogP contribution >= 0.6 is 0 Å². The molecule has 1 aliphatic heterocycles. The summed E-state index contributed by atoms with van der Waals surface area (Å²) < 4.78 is 5.49. The molecular formula is C19H22N2O3. The van der Waals surface area contributed by atoms with Gasteiger partial charge in [0.1, 0.15) is 5.75 Å². The molecule has 1 N–H and O–H groups in total. The highest BCUT2D eigenvalue weighted by atomic mass is 16.5. The van der Waals surface area contributed by atoms with E-state index in [9.17, 15) is 9.59 Å². The summed E-state index contributed by atoms with van der Waals surface area (Å²) in [4.78, 5) is 29.0. The van der Waals surface area contributed by atoms with Crippen molar-refractivity contribution in [1.29, 1.82) is 0 Å². The number of nitrogens with one attached hydrogen (secondary N) is 1. The Balaban J connectivity index is 1.98. The van der Waals surface area contributed by atoms with E-state index in [0.29, 0.717) is 18.0 Å². The first-order chi connectivity index (χ1) is 11.6. The minimum Gasteiger partial charge on any atom is -0.496 e. The molecule has 1 saturated heterocycles. The Hall–Kier alpha value is -2.56. The lowest BCUT2D eigenvalue weighted by Gasteiger charge is -2.39. The molecule has 0 radical (unpaired) electrons. The fourth-order valence-electron chi connectivity index (χ4n) is 3.39. The summed E-state index contributed by atoms with van der Waals surface area (Å²) in [5.41, 5.74) is 1.18. The van der Waals surface area contributed by atoms with Crippen molar-refractivity contribution < 1.29 is 9.53 Å². The number of hydrogen-bond acceptors (Lipinski definition) is 3. The summed E-state index contributed by atoms with van der Waals surface area (Å²) in [6.45, 7) is 2.82. The molecule has 0 unspecified atom stereocenters. The number of amides is 1. The molecule has 2 heterocycles. The van der Waals surface area contributed by atoms with E-state index in [1.54, 1.807) is 13.2 Å². The van der Waals surface area contributed by atoms with Crippen molar-refractivity contribution in [3.63, 3.8) is 0 Å². The maximum absolute atomic E-state index is 13.0. The molecule has 2 aromatic rings. The van der Waals surface area contributed by atoms with Gasteiger partial charge in [-0.15, -0.1) is 0 Å². The predicted molar refractivity (Wildman–Crippen MR) is 92.2 cm³/mol. The molecule has 0 bridgehead atoms. The topological polar surface area (TPSA) is 62.4 Å². The second-order valence-electron chi connectivity index (χ2n) is 6.34. The Bertz CT molecular complexity index is 784. The standard InChI is InChI=1S/C19H22N2O3/c1-13-7-8-16(15-5-3-4-6-17(15)24-2)21(12-13)19(23)14-9-10-20-18(22)11-14/h3-6,9-11,13,16H,7-8,12H2,1-2H3,(H,20,22)/t13-,16+/m1/s1. The fraction of sp³-hybridized carbons (Fsp3) is 0.368. The number of pyridine rings is 1. The van der Waals surface area contributed by atoms with Crippen molar-refractivity contribution in [1.82, 2.24) is 9.88 Å². The van der Waals surface area contributed by atoms with Crippen LogP contribution in [0.25, 0.3) is 0 Å². The van der Waals surface area contributed by atoms with Crippen molar-refractivity contribution in [3.05, 3.63) is 64.1 Å². The normalized spacial score (nSPS) is 20.7. The Labute approximate surface area is 141 Å². The molecule has 1 amide bonds. The Morgan fingerprint density at radius 3 is 2.79 bits per heavy atom. The number of aromatic amines is 1. The maximum Gasteiger partial charge on any atom is 0.254 e. The summed E-state index contributed by atoms with van der Waals surface area (Å²) in [5, 5.41) is 0. The number of likely N-dealkylation sites (tertiary alicyclic amines) is 1. The van der Waals surface area contributed by atoms with Crippen molar-refractivity contribution in [2.45, 2.75) is 25.8 Å². The first kappa shape index (κ1) is 16.3. The van der Waals surface area contributed by atoms with E-state index in [2.05, 4.69) is 11.9 Å². The summed E-state index contributed by atoms with van der Waals surface area (Å²) in [6.07, 6.45) is 3.46. The summed E-state index contributed by atoms with van der Waals surface area (Å²) >= 11 is 0. The number of carbonyl (C=O) groups is 1. The van der Waals surface area contributed by atoms with Gasteiger partial charge in [-0.1, -0.05) is 25.1 Å². The van der Waals surface area contributed by atoms with E-state index < -0.39 is 0 Å². The number of benzene rings is 1.